The Labute approximate surface area is 185 Å². The number of ether oxygens (including phenoxy) is 1. The summed E-state index contributed by atoms with van der Waals surface area (Å²) in [6.45, 7) is 0. The van der Waals surface area contributed by atoms with Gasteiger partial charge in [0.25, 0.3) is 21.6 Å². The maximum atomic E-state index is 12.5. The van der Waals surface area contributed by atoms with Crippen molar-refractivity contribution in [2.45, 2.75) is 11.3 Å². The summed E-state index contributed by atoms with van der Waals surface area (Å²) in [7, 11) is -4.12. The van der Waals surface area contributed by atoms with E-state index in [0.29, 0.717) is 0 Å². The Bertz CT molecular complexity index is 1280. The standard InChI is InChI=1S/C20H14F3N3O6S/c21-20(22,23)32-17-10-8-14(9-11-17)24-19(27)13-4-6-15(7-5-13)25-33(30,31)18-3-1-2-16(12-18)26(28)29/h1-12,25H,(H,24,27). The van der Waals surface area contributed by atoms with Gasteiger partial charge in [-0.3, -0.25) is 19.6 Å². The van der Waals surface area contributed by atoms with E-state index in [4.69, 9.17) is 0 Å². The molecule has 0 heterocycles. The van der Waals surface area contributed by atoms with E-state index < -0.39 is 33.0 Å². The summed E-state index contributed by atoms with van der Waals surface area (Å²) >= 11 is 0. The molecule has 0 saturated heterocycles. The van der Waals surface area contributed by atoms with Crippen LogP contribution in [0.2, 0.25) is 0 Å². The SMILES string of the molecule is O=C(Nc1ccc(OC(F)(F)F)cc1)c1ccc(NS(=O)(=O)c2cccc([N+](=O)[O-])c2)cc1. The zero-order chi connectivity index (χ0) is 24.2. The summed E-state index contributed by atoms with van der Waals surface area (Å²) in [6, 6.07) is 14.3. The van der Waals surface area contributed by atoms with Gasteiger partial charge in [-0.2, -0.15) is 0 Å². The second-order valence-corrected chi connectivity index (χ2v) is 8.15. The van der Waals surface area contributed by atoms with E-state index in [-0.39, 0.29) is 27.5 Å². The number of alkyl halides is 3. The van der Waals surface area contributed by atoms with Crippen molar-refractivity contribution in [2.24, 2.45) is 0 Å². The largest absolute Gasteiger partial charge is 0.573 e. The minimum Gasteiger partial charge on any atom is -0.406 e. The third-order valence-electron chi connectivity index (χ3n) is 4.08. The van der Waals surface area contributed by atoms with Gasteiger partial charge >= 0.3 is 6.36 Å². The lowest BCUT2D eigenvalue weighted by atomic mass is 10.2. The van der Waals surface area contributed by atoms with E-state index in [1.165, 1.54) is 48.5 Å². The van der Waals surface area contributed by atoms with Crippen LogP contribution in [0.25, 0.3) is 0 Å². The lowest BCUT2D eigenvalue weighted by Gasteiger charge is -2.11. The van der Waals surface area contributed by atoms with Crippen LogP contribution in [0.1, 0.15) is 10.4 Å². The molecule has 0 bridgehead atoms. The number of amides is 1. The van der Waals surface area contributed by atoms with Gasteiger partial charge in [-0.05, 0) is 54.6 Å². The number of nitro benzene ring substituents is 1. The van der Waals surface area contributed by atoms with Gasteiger partial charge in [0.05, 0.1) is 9.82 Å². The highest BCUT2D eigenvalue weighted by molar-refractivity contribution is 7.92. The van der Waals surface area contributed by atoms with Crippen molar-refractivity contribution >= 4 is 33.0 Å². The zero-order valence-corrected chi connectivity index (χ0v) is 17.2. The Balaban J connectivity index is 1.66. The van der Waals surface area contributed by atoms with Crippen LogP contribution in [0.5, 0.6) is 5.75 Å². The maximum Gasteiger partial charge on any atom is 0.573 e. The predicted molar refractivity (Wildman–Crippen MR) is 111 cm³/mol. The number of carbonyl (C=O) groups excluding carboxylic acids is 1. The molecule has 172 valence electrons. The fourth-order valence-electron chi connectivity index (χ4n) is 2.61. The number of anilines is 2. The molecule has 1 amide bonds. The van der Waals surface area contributed by atoms with Crippen molar-refractivity contribution in [1.82, 2.24) is 0 Å². The quantitative estimate of drug-likeness (QED) is 0.377. The lowest BCUT2D eigenvalue weighted by Crippen LogP contribution is -2.17. The van der Waals surface area contributed by atoms with Crippen molar-refractivity contribution < 1.29 is 36.0 Å². The average Bonchev–Trinajstić information content (AvgIpc) is 2.74. The van der Waals surface area contributed by atoms with Crippen LogP contribution in [0.15, 0.2) is 77.7 Å². The number of hydrogen-bond acceptors (Lipinski definition) is 6. The normalized spacial score (nSPS) is 11.5. The number of nitrogens with zero attached hydrogens (tertiary/aromatic N) is 1. The van der Waals surface area contributed by atoms with E-state index in [1.807, 2.05) is 0 Å². The molecule has 13 heteroatoms. The molecule has 33 heavy (non-hydrogen) atoms. The van der Waals surface area contributed by atoms with Crippen LogP contribution in [-0.4, -0.2) is 25.6 Å². The molecular formula is C20H14F3N3O6S. The third kappa shape index (κ3) is 6.43. The van der Waals surface area contributed by atoms with Crippen molar-refractivity contribution in [1.29, 1.82) is 0 Å². The molecule has 0 aliphatic carbocycles. The molecule has 0 aromatic heterocycles. The fraction of sp³-hybridized carbons (Fsp3) is 0.0500. The van der Waals surface area contributed by atoms with E-state index in [9.17, 15) is 36.5 Å². The molecule has 0 aliphatic rings. The third-order valence-corrected chi connectivity index (χ3v) is 5.46. The molecular weight excluding hydrogens is 467 g/mol. The highest BCUT2D eigenvalue weighted by Crippen LogP contribution is 2.24. The zero-order valence-electron chi connectivity index (χ0n) is 16.4. The first kappa shape index (κ1) is 23.5. The smallest absolute Gasteiger partial charge is 0.406 e. The van der Waals surface area contributed by atoms with Crippen LogP contribution >= 0.6 is 0 Å². The van der Waals surface area contributed by atoms with Crippen molar-refractivity contribution in [3.63, 3.8) is 0 Å². The predicted octanol–water partition coefficient (Wildman–Crippen LogP) is 4.55. The Morgan fingerprint density at radius 1 is 0.939 bits per heavy atom. The molecule has 2 N–H and O–H groups in total. The number of benzene rings is 3. The molecule has 0 spiro atoms. The molecule has 3 aromatic rings. The second kappa shape index (κ2) is 9.16. The Morgan fingerprint density at radius 3 is 2.12 bits per heavy atom. The molecule has 0 atom stereocenters. The van der Waals surface area contributed by atoms with E-state index in [2.05, 4.69) is 14.8 Å². The van der Waals surface area contributed by atoms with Gasteiger partial charge in [0.1, 0.15) is 5.75 Å². The molecule has 0 fully saturated rings. The van der Waals surface area contributed by atoms with Crippen LogP contribution in [0.4, 0.5) is 30.2 Å². The highest BCUT2D eigenvalue weighted by Gasteiger charge is 2.31. The van der Waals surface area contributed by atoms with Crippen molar-refractivity contribution in [3.05, 3.63) is 88.5 Å². The number of rotatable bonds is 7. The minimum atomic E-state index is -4.83. The number of nitro groups is 1. The number of sulfonamides is 1. The first-order valence-electron chi connectivity index (χ1n) is 8.97. The van der Waals surface area contributed by atoms with Crippen LogP contribution < -0.4 is 14.8 Å². The first-order chi connectivity index (χ1) is 15.4. The van der Waals surface area contributed by atoms with E-state index in [1.54, 1.807) is 0 Å². The van der Waals surface area contributed by atoms with Gasteiger partial charge in [0.15, 0.2) is 0 Å². The van der Waals surface area contributed by atoms with Gasteiger partial charge in [-0.1, -0.05) is 6.07 Å². The molecule has 9 nitrogen and oxygen atoms in total. The Hall–Kier alpha value is -4.13. The molecule has 0 aliphatic heterocycles. The average molecular weight is 481 g/mol. The van der Waals surface area contributed by atoms with Gasteiger partial charge in [-0.15, -0.1) is 13.2 Å². The summed E-state index contributed by atoms with van der Waals surface area (Å²) in [5.74, 6) is -1.03. The van der Waals surface area contributed by atoms with Gasteiger partial charge in [0.2, 0.25) is 0 Å². The Morgan fingerprint density at radius 2 is 1.55 bits per heavy atom. The molecule has 0 saturated carbocycles. The minimum absolute atomic E-state index is 0.103. The first-order valence-corrected chi connectivity index (χ1v) is 10.5. The van der Waals surface area contributed by atoms with Crippen LogP contribution in [-0.2, 0) is 10.0 Å². The summed E-state index contributed by atoms with van der Waals surface area (Å²) in [4.78, 5) is 22.1. The molecule has 3 aromatic carbocycles. The summed E-state index contributed by atoms with van der Waals surface area (Å²) in [5.41, 5.74) is 0.0727. The maximum absolute atomic E-state index is 12.5. The Kier molecular flexibility index (Phi) is 6.53. The number of hydrogen-bond donors (Lipinski definition) is 2. The van der Waals surface area contributed by atoms with Gasteiger partial charge in [0, 0.05) is 29.1 Å². The van der Waals surface area contributed by atoms with Crippen molar-refractivity contribution in [2.75, 3.05) is 10.0 Å². The monoisotopic (exact) mass is 481 g/mol. The number of non-ortho nitro benzene ring substituents is 1. The van der Waals surface area contributed by atoms with E-state index >= 15 is 0 Å². The topological polar surface area (TPSA) is 128 Å². The summed E-state index contributed by atoms with van der Waals surface area (Å²) < 4.78 is 67.5. The van der Waals surface area contributed by atoms with E-state index in [0.717, 1.165) is 24.3 Å². The molecule has 0 unspecified atom stereocenters. The lowest BCUT2D eigenvalue weighted by molar-refractivity contribution is -0.385. The second-order valence-electron chi connectivity index (χ2n) is 6.46. The highest BCUT2D eigenvalue weighted by atomic mass is 32.2. The summed E-state index contributed by atoms with van der Waals surface area (Å²) in [5, 5.41) is 13.3. The van der Waals surface area contributed by atoms with Gasteiger partial charge in [-0.25, -0.2) is 8.42 Å². The van der Waals surface area contributed by atoms with Gasteiger partial charge < -0.3 is 10.1 Å². The fourth-order valence-corrected chi connectivity index (χ4v) is 3.71. The van der Waals surface area contributed by atoms with Crippen molar-refractivity contribution in [3.8, 4) is 5.75 Å². The van der Waals surface area contributed by atoms with Crippen LogP contribution in [0, 0.1) is 10.1 Å². The molecule has 0 radical (unpaired) electrons. The number of halogens is 3. The molecule has 3 rings (SSSR count). The number of carbonyl (C=O) groups is 1. The summed E-state index contributed by atoms with van der Waals surface area (Å²) in [6.07, 6.45) is -4.83. The number of nitrogens with one attached hydrogen (secondary N) is 2. The van der Waals surface area contributed by atoms with Crippen LogP contribution in [0.3, 0.4) is 0 Å².